The number of hydrogen-bond donors (Lipinski definition) is 2. The van der Waals surface area contributed by atoms with E-state index >= 15 is 0 Å². The van der Waals surface area contributed by atoms with Crippen molar-refractivity contribution in [2.45, 2.75) is 57.1 Å². The number of furan rings is 2. The van der Waals surface area contributed by atoms with Crippen molar-refractivity contribution in [2.24, 2.45) is 5.41 Å². The number of morpholine rings is 3. The Balaban J connectivity index is 0.753. The summed E-state index contributed by atoms with van der Waals surface area (Å²) in [7, 11) is 2.25. The van der Waals surface area contributed by atoms with Crippen LogP contribution in [0.1, 0.15) is 48.5 Å². The van der Waals surface area contributed by atoms with E-state index in [9.17, 15) is 0 Å². The van der Waals surface area contributed by atoms with Gasteiger partial charge < -0.3 is 47.7 Å². The normalized spacial score (nSPS) is 23.9. The maximum atomic E-state index is 6.74. The van der Waals surface area contributed by atoms with E-state index < -0.39 is 0 Å². The molecule has 6 aliphatic rings. The molecule has 6 aliphatic heterocycles. The molecule has 14 heterocycles. The molecule has 2 bridgehead atoms. The molecule has 0 aliphatic carbocycles. The van der Waals surface area contributed by atoms with Crippen molar-refractivity contribution in [1.82, 2.24) is 54.6 Å². The number of aromatic amines is 2. The van der Waals surface area contributed by atoms with Crippen molar-refractivity contribution >= 4 is 77.8 Å². The van der Waals surface area contributed by atoms with Crippen molar-refractivity contribution < 1.29 is 23.0 Å². The predicted octanol–water partition coefficient (Wildman–Crippen LogP) is 8.46. The average molecular weight is 1020 g/mol. The molecule has 386 valence electrons. The van der Waals surface area contributed by atoms with Gasteiger partial charge in [0.05, 0.1) is 54.9 Å². The first-order chi connectivity index (χ1) is 37.4. The van der Waals surface area contributed by atoms with Gasteiger partial charge in [0.1, 0.15) is 17.1 Å². The zero-order valence-corrected chi connectivity index (χ0v) is 42.6. The van der Waals surface area contributed by atoms with Gasteiger partial charge in [-0.3, -0.25) is 9.80 Å². The predicted molar refractivity (Wildman–Crippen MR) is 290 cm³/mol. The van der Waals surface area contributed by atoms with Crippen LogP contribution in [-0.2, 0) is 27.3 Å². The highest BCUT2D eigenvalue weighted by atomic mass is 16.5. The Morgan fingerprint density at radius 3 is 2.04 bits per heavy atom. The largest absolute Gasteiger partial charge is 0.432 e. The molecule has 76 heavy (non-hydrogen) atoms. The molecule has 16 rings (SSSR count). The summed E-state index contributed by atoms with van der Waals surface area (Å²) in [5.74, 6) is 2.74. The Kier molecular flexibility index (Phi) is 10.6. The van der Waals surface area contributed by atoms with E-state index in [1.54, 1.807) is 0 Å². The van der Waals surface area contributed by atoms with Gasteiger partial charge in [0.15, 0.2) is 34.5 Å². The molecule has 10 aromatic rings. The van der Waals surface area contributed by atoms with Crippen molar-refractivity contribution in [2.75, 3.05) is 102 Å². The monoisotopic (exact) mass is 1020 g/mol. The summed E-state index contributed by atoms with van der Waals surface area (Å²) in [5, 5.41) is 3.86. The third kappa shape index (κ3) is 7.66. The highest BCUT2D eigenvalue weighted by molar-refractivity contribution is 6.08. The summed E-state index contributed by atoms with van der Waals surface area (Å²) in [4.78, 5) is 50.3. The lowest BCUT2D eigenvalue weighted by atomic mass is 9.86. The van der Waals surface area contributed by atoms with E-state index in [1.807, 2.05) is 24.8 Å². The first-order valence-electron chi connectivity index (χ1n) is 27.2. The zero-order chi connectivity index (χ0) is 50.1. The van der Waals surface area contributed by atoms with Crippen LogP contribution in [0.2, 0.25) is 0 Å². The number of fused-ring (bicyclic) bond motifs is 10. The van der Waals surface area contributed by atoms with Crippen LogP contribution in [0.4, 0.5) is 11.6 Å². The van der Waals surface area contributed by atoms with Crippen LogP contribution < -0.4 is 9.80 Å². The minimum Gasteiger partial charge on any atom is -0.432 e. The molecule has 4 unspecified atom stereocenters. The number of anilines is 2. The molecule has 0 saturated carbocycles. The van der Waals surface area contributed by atoms with Gasteiger partial charge in [-0.2, -0.15) is 0 Å². The molecule has 18 heteroatoms. The fraction of sp³-hybridized carbons (Fsp3) is 0.414. The third-order valence-electron chi connectivity index (χ3n) is 17.4. The van der Waals surface area contributed by atoms with E-state index in [-0.39, 0.29) is 6.10 Å². The third-order valence-corrected chi connectivity index (χ3v) is 17.4. The second kappa shape index (κ2) is 17.8. The number of pyridine rings is 2. The summed E-state index contributed by atoms with van der Waals surface area (Å²) in [5.41, 5.74) is 11.5. The van der Waals surface area contributed by atoms with Gasteiger partial charge >= 0.3 is 0 Å². The van der Waals surface area contributed by atoms with Crippen LogP contribution in [-0.4, -0.2) is 159 Å². The minimum absolute atomic E-state index is 0.306. The average Bonchev–Trinajstić information content (AvgIpc) is 4.35. The highest BCUT2D eigenvalue weighted by Crippen LogP contribution is 2.43. The van der Waals surface area contributed by atoms with Crippen molar-refractivity contribution in [1.29, 1.82) is 0 Å². The van der Waals surface area contributed by atoms with Gasteiger partial charge in [0.2, 0.25) is 11.4 Å². The maximum Gasteiger partial charge on any atom is 0.229 e. The SMILES string of the molecule is CN1CCC2(CCN(Cc3cnc4oc5c(N6CCOC(c7ccc(-c8nc(N9CCOCC9)c9oc%10ncc(CN%11CC%12CCC(C%11)O%12)cc%10c9n8)c8cc[nH]c78)C6)nc(-c6cccc7[nH]ccc67)nc5c4c3)C2)C1. The number of hydrogen-bond acceptors (Lipinski definition) is 16. The summed E-state index contributed by atoms with van der Waals surface area (Å²) in [6, 6.07) is 19.2. The number of H-pyrrole nitrogens is 2. The Morgan fingerprint density at radius 2 is 1.30 bits per heavy atom. The molecule has 1 spiro atoms. The van der Waals surface area contributed by atoms with Gasteiger partial charge in [-0.25, -0.2) is 29.9 Å². The van der Waals surface area contributed by atoms with Crippen LogP contribution in [0.3, 0.4) is 0 Å². The number of aromatic nitrogens is 8. The second-order valence-corrected chi connectivity index (χ2v) is 22.4. The molecule has 4 atom stereocenters. The van der Waals surface area contributed by atoms with Crippen molar-refractivity contribution in [3.8, 4) is 22.8 Å². The number of likely N-dealkylation sites (tertiary alicyclic amines) is 3. The summed E-state index contributed by atoms with van der Waals surface area (Å²) in [6.45, 7) is 12.3. The van der Waals surface area contributed by atoms with Gasteiger partial charge in [-0.1, -0.05) is 24.3 Å². The van der Waals surface area contributed by atoms with Crippen molar-refractivity contribution in [3.63, 3.8) is 0 Å². The number of rotatable bonds is 9. The summed E-state index contributed by atoms with van der Waals surface area (Å²) >= 11 is 0. The Morgan fingerprint density at radius 1 is 0.632 bits per heavy atom. The fourth-order valence-electron chi connectivity index (χ4n) is 13.7. The van der Waals surface area contributed by atoms with Gasteiger partial charge in [-0.15, -0.1) is 0 Å². The number of benzene rings is 2. The molecule has 2 N–H and O–H groups in total. The molecule has 0 amide bonds. The Bertz CT molecular complexity index is 3890. The van der Waals surface area contributed by atoms with Crippen LogP contribution in [0, 0.1) is 5.41 Å². The molecular weight excluding hydrogens is 959 g/mol. The smallest absolute Gasteiger partial charge is 0.229 e. The topological polar surface area (TPSA) is 179 Å². The van der Waals surface area contributed by atoms with Crippen LogP contribution >= 0.6 is 0 Å². The number of nitrogens with one attached hydrogen (secondary N) is 2. The standard InChI is InChI=1S/C58H59N13O5/c1-67-15-11-58(32-67)12-16-68(33-58)27-34-23-43-49-51(76-57(43)61-25-34)55(66-52(63-49)40-3-2-4-45-38(40)9-13-59-45)71-19-22-73-46(31-71)42-8-7-41(39-10-14-60-47(39)42)53-64-48-44-24-35(28-69-29-36-5-6-37(30-69)74-36)26-62-56(44)75-50(48)54(65-53)70-17-20-72-21-18-70/h2-4,7-10,13-14,23-26,36-37,46,59-60H,5-6,11-12,15-22,27-33H2,1H3. The zero-order valence-electron chi connectivity index (χ0n) is 42.6. The first-order valence-corrected chi connectivity index (χ1v) is 27.2. The van der Waals surface area contributed by atoms with Gasteiger partial charge in [0.25, 0.3) is 0 Å². The summed E-state index contributed by atoms with van der Waals surface area (Å²) in [6.07, 6.45) is 13.0. The van der Waals surface area contributed by atoms with E-state index in [0.717, 1.165) is 135 Å². The summed E-state index contributed by atoms with van der Waals surface area (Å²) < 4.78 is 32.0. The van der Waals surface area contributed by atoms with Gasteiger partial charge in [0, 0.05) is 117 Å². The molecular formula is C58H59N13O5. The van der Waals surface area contributed by atoms with Crippen molar-refractivity contribution in [3.05, 3.63) is 96.1 Å². The first kappa shape index (κ1) is 45.2. The number of nitrogens with zero attached hydrogens (tertiary/aromatic N) is 11. The molecule has 18 nitrogen and oxygen atoms in total. The number of ether oxygens (including phenoxy) is 3. The highest BCUT2D eigenvalue weighted by Gasteiger charge is 2.42. The quantitative estimate of drug-likeness (QED) is 0.141. The van der Waals surface area contributed by atoms with E-state index in [1.165, 1.54) is 25.9 Å². The molecule has 6 saturated heterocycles. The second-order valence-electron chi connectivity index (χ2n) is 22.4. The lowest BCUT2D eigenvalue weighted by Gasteiger charge is -2.34. The molecule has 6 fully saturated rings. The van der Waals surface area contributed by atoms with Crippen LogP contribution in [0.15, 0.2) is 88.2 Å². The van der Waals surface area contributed by atoms with E-state index in [4.69, 9.17) is 52.9 Å². The van der Waals surface area contributed by atoms with Crippen LogP contribution in [0.5, 0.6) is 0 Å². The van der Waals surface area contributed by atoms with Gasteiger partial charge in [-0.05, 0) is 92.7 Å². The minimum atomic E-state index is -0.306. The molecule has 8 aromatic heterocycles. The Labute approximate surface area is 437 Å². The van der Waals surface area contributed by atoms with E-state index in [0.29, 0.717) is 97.9 Å². The molecule has 2 aromatic carbocycles. The lowest BCUT2D eigenvalue weighted by molar-refractivity contribution is -0.0410. The van der Waals surface area contributed by atoms with E-state index in [2.05, 4.69) is 96.1 Å². The maximum absolute atomic E-state index is 6.74. The Hall–Kier alpha value is -7.06. The molecule has 0 radical (unpaired) electrons. The van der Waals surface area contributed by atoms with Crippen LogP contribution in [0.25, 0.3) is 89.0 Å². The lowest BCUT2D eigenvalue weighted by Crippen LogP contribution is -2.41. The fourth-order valence-corrected chi connectivity index (χ4v) is 13.7.